The van der Waals surface area contributed by atoms with Crippen LogP contribution in [-0.2, 0) is 0 Å². The number of thiophene rings is 1. The number of nitrogens with zero attached hydrogens (tertiary/aromatic N) is 2. The number of aromatic nitrogens is 2. The van der Waals surface area contributed by atoms with Crippen molar-refractivity contribution in [1.82, 2.24) is 9.55 Å². The largest absolute Gasteiger partial charge is 0.478 e. The number of carboxylic acid groups (broad SMARTS) is 1. The molecule has 7 heteroatoms. The first-order valence-electron chi connectivity index (χ1n) is 4.70. The van der Waals surface area contributed by atoms with Crippen molar-refractivity contribution in [3.05, 3.63) is 35.2 Å². The molecule has 6 nitrogen and oxygen atoms in total. The number of nitrogens with one attached hydrogen (secondary N) is 1. The van der Waals surface area contributed by atoms with Crippen LogP contribution in [-0.4, -0.2) is 26.7 Å². The molecule has 0 aliphatic heterocycles. The summed E-state index contributed by atoms with van der Waals surface area (Å²) in [6.07, 6.45) is 4.30. The molecule has 2 rings (SSSR count). The van der Waals surface area contributed by atoms with E-state index in [1.807, 2.05) is 0 Å². The minimum absolute atomic E-state index is 0.128. The van der Waals surface area contributed by atoms with Crippen LogP contribution in [0, 0.1) is 6.92 Å². The third-order valence-corrected chi connectivity index (χ3v) is 3.16. The summed E-state index contributed by atoms with van der Waals surface area (Å²) in [6, 6.07) is -0.438. The number of anilines is 1. The van der Waals surface area contributed by atoms with E-state index in [4.69, 9.17) is 5.11 Å². The third-order valence-electron chi connectivity index (χ3n) is 2.15. The summed E-state index contributed by atoms with van der Waals surface area (Å²) in [6.45, 7) is 1.69. The molecule has 0 aromatic carbocycles. The van der Waals surface area contributed by atoms with E-state index < -0.39 is 12.0 Å². The first kappa shape index (κ1) is 11.3. The fourth-order valence-electron chi connectivity index (χ4n) is 1.34. The molecule has 0 bridgehead atoms. The SMILES string of the molecule is Cc1csc(NC(=O)n2ccnc2)c1C(=O)O. The first-order valence-corrected chi connectivity index (χ1v) is 5.58. The van der Waals surface area contributed by atoms with E-state index in [1.165, 1.54) is 34.6 Å². The predicted molar refractivity (Wildman–Crippen MR) is 62.7 cm³/mol. The van der Waals surface area contributed by atoms with Gasteiger partial charge in [0.05, 0.1) is 5.56 Å². The van der Waals surface area contributed by atoms with Crippen molar-refractivity contribution in [2.45, 2.75) is 6.92 Å². The first-order chi connectivity index (χ1) is 8.09. The number of carbonyl (C=O) groups is 2. The number of hydrogen-bond acceptors (Lipinski definition) is 4. The van der Waals surface area contributed by atoms with Crippen LogP contribution >= 0.6 is 11.3 Å². The van der Waals surface area contributed by atoms with E-state index in [0.29, 0.717) is 10.6 Å². The Balaban J connectivity index is 2.25. The number of carboxylic acids is 1. The second kappa shape index (κ2) is 4.38. The molecule has 0 radical (unpaired) electrons. The zero-order valence-electron chi connectivity index (χ0n) is 8.88. The van der Waals surface area contributed by atoms with E-state index in [0.717, 1.165) is 0 Å². The predicted octanol–water partition coefficient (Wildman–Crippen LogP) is 2.03. The van der Waals surface area contributed by atoms with Gasteiger partial charge in [0.15, 0.2) is 0 Å². The summed E-state index contributed by atoms with van der Waals surface area (Å²) in [7, 11) is 0. The lowest BCUT2D eigenvalue weighted by atomic mass is 10.2. The number of amides is 1. The number of rotatable bonds is 2. The molecule has 2 aromatic heterocycles. The fourth-order valence-corrected chi connectivity index (χ4v) is 2.27. The lowest BCUT2D eigenvalue weighted by Gasteiger charge is -2.04. The number of aromatic carboxylic acids is 1. The van der Waals surface area contributed by atoms with Gasteiger partial charge in [-0.25, -0.2) is 14.6 Å². The topological polar surface area (TPSA) is 84.2 Å². The minimum Gasteiger partial charge on any atom is -0.478 e. The Labute approximate surface area is 101 Å². The van der Waals surface area contributed by atoms with Crippen LogP contribution in [0.4, 0.5) is 9.80 Å². The molecule has 0 saturated heterocycles. The Morgan fingerprint density at radius 2 is 2.29 bits per heavy atom. The summed E-state index contributed by atoms with van der Waals surface area (Å²) in [5, 5.41) is 13.6. The van der Waals surface area contributed by atoms with Gasteiger partial charge in [-0.15, -0.1) is 11.3 Å². The van der Waals surface area contributed by atoms with Crippen molar-refractivity contribution >= 4 is 28.3 Å². The average Bonchev–Trinajstić information content (AvgIpc) is 2.87. The van der Waals surface area contributed by atoms with E-state index in [9.17, 15) is 9.59 Å². The highest BCUT2D eigenvalue weighted by Gasteiger charge is 2.17. The van der Waals surface area contributed by atoms with Gasteiger partial charge < -0.3 is 5.11 Å². The average molecular weight is 251 g/mol. The Hall–Kier alpha value is -2.15. The van der Waals surface area contributed by atoms with Crippen molar-refractivity contribution in [3.63, 3.8) is 0 Å². The zero-order valence-corrected chi connectivity index (χ0v) is 9.69. The standard InChI is InChI=1S/C10H9N3O3S/c1-6-4-17-8(7(6)9(14)15)12-10(16)13-3-2-11-5-13/h2-5H,1H3,(H,12,16)(H,14,15). The van der Waals surface area contributed by atoms with Gasteiger partial charge in [-0.1, -0.05) is 0 Å². The minimum atomic E-state index is -1.05. The van der Waals surface area contributed by atoms with Crippen molar-refractivity contribution in [2.24, 2.45) is 0 Å². The van der Waals surface area contributed by atoms with Crippen LogP contribution in [0.15, 0.2) is 24.1 Å². The smallest absolute Gasteiger partial charge is 0.338 e. The highest BCUT2D eigenvalue weighted by Crippen LogP contribution is 2.27. The van der Waals surface area contributed by atoms with Gasteiger partial charge in [0, 0.05) is 12.4 Å². The molecule has 17 heavy (non-hydrogen) atoms. The second-order valence-corrected chi connectivity index (χ2v) is 4.21. The lowest BCUT2D eigenvalue weighted by molar-refractivity contribution is 0.0698. The summed E-state index contributed by atoms with van der Waals surface area (Å²) in [4.78, 5) is 26.4. The third kappa shape index (κ3) is 2.18. The Bertz CT molecular complexity index is 559. The highest BCUT2D eigenvalue weighted by atomic mass is 32.1. The molecular weight excluding hydrogens is 242 g/mol. The quantitative estimate of drug-likeness (QED) is 0.855. The molecule has 88 valence electrons. The van der Waals surface area contributed by atoms with E-state index in [-0.39, 0.29) is 5.56 Å². The molecule has 2 N–H and O–H groups in total. The zero-order chi connectivity index (χ0) is 12.4. The van der Waals surface area contributed by atoms with E-state index in [1.54, 1.807) is 12.3 Å². The molecule has 2 aromatic rings. The molecule has 0 unspecified atom stereocenters. The number of imidazole rings is 1. The molecular formula is C10H9N3O3S. The maximum Gasteiger partial charge on any atom is 0.338 e. The second-order valence-electron chi connectivity index (χ2n) is 3.33. The maximum atomic E-state index is 11.7. The highest BCUT2D eigenvalue weighted by molar-refractivity contribution is 7.15. The number of carbonyl (C=O) groups excluding carboxylic acids is 1. The molecule has 0 aliphatic rings. The summed E-state index contributed by atoms with van der Waals surface area (Å²) in [5.74, 6) is -1.05. The molecule has 1 amide bonds. The van der Waals surface area contributed by atoms with Gasteiger partial charge in [-0.3, -0.25) is 9.88 Å². The van der Waals surface area contributed by atoms with Gasteiger partial charge in [0.1, 0.15) is 11.3 Å². The van der Waals surface area contributed by atoms with Gasteiger partial charge >= 0.3 is 12.0 Å². The number of hydrogen-bond donors (Lipinski definition) is 2. The maximum absolute atomic E-state index is 11.7. The molecule has 2 heterocycles. The van der Waals surface area contributed by atoms with Crippen molar-refractivity contribution in [3.8, 4) is 0 Å². The van der Waals surface area contributed by atoms with Gasteiger partial charge in [-0.2, -0.15) is 0 Å². The molecule has 0 atom stereocenters. The summed E-state index contributed by atoms with van der Waals surface area (Å²) < 4.78 is 1.24. The summed E-state index contributed by atoms with van der Waals surface area (Å²) >= 11 is 1.18. The Morgan fingerprint density at radius 3 is 2.88 bits per heavy atom. The monoisotopic (exact) mass is 251 g/mol. The van der Waals surface area contributed by atoms with Crippen molar-refractivity contribution < 1.29 is 14.7 Å². The Kier molecular flexibility index (Phi) is 2.92. The molecule has 0 saturated carbocycles. The molecule has 0 fully saturated rings. The van der Waals surface area contributed by atoms with Crippen LogP contribution in [0.3, 0.4) is 0 Å². The van der Waals surface area contributed by atoms with Crippen LogP contribution in [0.5, 0.6) is 0 Å². The van der Waals surface area contributed by atoms with Crippen LogP contribution in [0.1, 0.15) is 15.9 Å². The van der Waals surface area contributed by atoms with E-state index in [2.05, 4.69) is 10.3 Å². The van der Waals surface area contributed by atoms with Gasteiger partial charge in [-0.05, 0) is 17.9 Å². The molecule has 0 aliphatic carbocycles. The summed E-state index contributed by atoms with van der Waals surface area (Å²) in [5.41, 5.74) is 0.756. The van der Waals surface area contributed by atoms with Crippen molar-refractivity contribution in [2.75, 3.05) is 5.32 Å². The Morgan fingerprint density at radius 1 is 1.53 bits per heavy atom. The van der Waals surface area contributed by atoms with Crippen LogP contribution in [0.25, 0.3) is 0 Å². The van der Waals surface area contributed by atoms with Crippen LogP contribution in [0.2, 0.25) is 0 Å². The van der Waals surface area contributed by atoms with E-state index >= 15 is 0 Å². The van der Waals surface area contributed by atoms with Gasteiger partial charge in [0.2, 0.25) is 0 Å². The van der Waals surface area contributed by atoms with Gasteiger partial charge in [0.25, 0.3) is 0 Å². The number of aryl methyl sites for hydroxylation is 1. The fraction of sp³-hybridized carbons (Fsp3) is 0.100. The molecule has 0 spiro atoms. The van der Waals surface area contributed by atoms with Crippen LogP contribution < -0.4 is 5.32 Å². The lowest BCUT2D eigenvalue weighted by Crippen LogP contribution is -2.18. The normalized spacial score (nSPS) is 10.2. The van der Waals surface area contributed by atoms with Crippen molar-refractivity contribution in [1.29, 1.82) is 0 Å².